The van der Waals surface area contributed by atoms with Crippen LogP contribution < -0.4 is 10.7 Å². The quantitative estimate of drug-likeness (QED) is 0.335. The number of rotatable bonds is 5. The molecule has 0 aromatic carbocycles. The van der Waals surface area contributed by atoms with Crippen molar-refractivity contribution in [3.05, 3.63) is 22.4 Å². The monoisotopic (exact) mass is 255 g/mol. The van der Waals surface area contributed by atoms with Crippen molar-refractivity contribution >= 4 is 29.4 Å². The third-order valence-corrected chi connectivity index (χ3v) is 2.51. The smallest absolute Gasteiger partial charge is 0.329 e. The van der Waals surface area contributed by atoms with Gasteiger partial charge in [0.15, 0.2) is 0 Å². The van der Waals surface area contributed by atoms with Crippen LogP contribution in [0.3, 0.4) is 0 Å². The first-order valence-electron chi connectivity index (χ1n) is 4.87. The van der Waals surface area contributed by atoms with Crippen molar-refractivity contribution in [2.45, 2.75) is 0 Å². The zero-order valence-corrected chi connectivity index (χ0v) is 10.1. The molecule has 1 aromatic heterocycles. The number of thiophene rings is 1. The lowest BCUT2D eigenvalue weighted by molar-refractivity contribution is -0.139. The normalized spacial score (nSPS) is 10.4. The molecule has 0 aliphatic rings. The molecule has 1 rings (SSSR count). The Morgan fingerprint density at radius 2 is 2.35 bits per heavy atom. The van der Waals surface area contributed by atoms with Gasteiger partial charge in [0, 0.05) is 18.5 Å². The first-order valence-corrected chi connectivity index (χ1v) is 5.75. The predicted molar refractivity (Wildman–Crippen MR) is 64.9 cm³/mol. The second-order valence-electron chi connectivity index (χ2n) is 2.96. The summed E-state index contributed by atoms with van der Waals surface area (Å²) in [6, 6.07) is 3.71. The summed E-state index contributed by atoms with van der Waals surface area (Å²) < 4.78 is 4.73. The number of ether oxygens (including phenoxy) is 1. The van der Waals surface area contributed by atoms with Crippen molar-refractivity contribution in [1.82, 2.24) is 10.7 Å². The van der Waals surface area contributed by atoms with Gasteiger partial charge in [0.1, 0.15) is 0 Å². The van der Waals surface area contributed by atoms with Crippen LogP contribution in [0.1, 0.15) is 4.88 Å². The lowest BCUT2D eigenvalue weighted by atomic mass is 10.5. The predicted octanol–water partition coefficient (Wildman–Crippen LogP) is -0.0392. The molecule has 0 aliphatic heterocycles. The van der Waals surface area contributed by atoms with Gasteiger partial charge in [-0.2, -0.15) is 5.10 Å². The Balaban J connectivity index is 2.27. The van der Waals surface area contributed by atoms with Crippen molar-refractivity contribution in [2.75, 3.05) is 20.3 Å². The van der Waals surface area contributed by atoms with Gasteiger partial charge in [-0.25, -0.2) is 5.43 Å². The van der Waals surface area contributed by atoms with Crippen LogP contribution in [0.5, 0.6) is 0 Å². The SMILES string of the molecule is COCCNC(=O)C(=O)NN=Cc1cccs1. The van der Waals surface area contributed by atoms with E-state index >= 15 is 0 Å². The maximum Gasteiger partial charge on any atom is 0.329 e. The average molecular weight is 255 g/mol. The molecular formula is C10H13N3O3S. The van der Waals surface area contributed by atoms with E-state index < -0.39 is 11.8 Å². The first-order chi connectivity index (χ1) is 8.24. The van der Waals surface area contributed by atoms with E-state index in [-0.39, 0.29) is 6.54 Å². The molecule has 0 aliphatic carbocycles. The van der Waals surface area contributed by atoms with Gasteiger partial charge < -0.3 is 10.1 Å². The fourth-order valence-corrected chi connectivity index (χ4v) is 1.50. The zero-order chi connectivity index (χ0) is 12.5. The average Bonchev–Trinajstić information content (AvgIpc) is 2.82. The Labute approximate surface area is 103 Å². The van der Waals surface area contributed by atoms with Crippen LogP contribution in [-0.2, 0) is 14.3 Å². The van der Waals surface area contributed by atoms with Crippen molar-refractivity contribution < 1.29 is 14.3 Å². The number of carbonyl (C=O) groups excluding carboxylic acids is 2. The summed E-state index contributed by atoms with van der Waals surface area (Å²) in [5.41, 5.74) is 2.13. The minimum atomic E-state index is -0.797. The van der Waals surface area contributed by atoms with Crippen molar-refractivity contribution in [1.29, 1.82) is 0 Å². The lowest BCUT2D eigenvalue weighted by Crippen LogP contribution is -2.39. The van der Waals surface area contributed by atoms with Crippen molar-refractivity contribution in [2.24, 2.45) is 5.10 Å². The molecule has 0 spiro atoms. The van der Waals surface area contributed by atoms with E-state index in [9.17, 15) is 9.59 Å². The number of carbonyl (C=O) groups is 2. The topological polar surface area (TPSA) is 79.8 Å². The number of hydrogen-bond acceptors (Lipinski definition) is 5. The highest BCUT2D eigenvalue weighted by Crippen LogP contribution is 2.03. The van der Waals surface area contributed by atoms with Crippen LogP contribution >= 0.6 is 11.3 Å². The van der Waals surface area contributed by atoms with Gasteiger partial charge in [-0.3, -0.25) is 9.59 Å². The van der Waals surface area contributed by atoms with E-state index in [1.165, 1.54) is 24.7 Å². The van der Waals surface area contributed by atoms with Crippen molar-refractivity contribution in [3.8, 4) is 0 Å². The van der Waals surface area contributed by atoms with Crippen LogP contribution in [0.4, 0.5) is 0 Å². The fourth-order valence-electron chi connectivity index (χ4n) is 0.917. The maximum absolute atomic E-state index is 11.2. The summed E-state index contributed by atoms with van der Waals surface area (Å²) in [4.78, 5) is 23.2. The first kappa shape index (κ1) is 13.3. The van der Waals surface area contributed by atoms with Crippen molar-refractivity contribution in [3.63, 3.8) is 0 Å². The standard InChI is InChI=1S/C10H13N3O3S/c1-16-5-4-11-9(14)10(15)13-12-7-8-3-2-6-17-8/h2-3,6-7H,4-5H2,1H3,(H,11,14)(H,13,15). The summed E-state index contributed by atoms with van der Waals surface area (Å²) in [5, 5.41) is 7.93. The maximum atomic E-state index is 11.2. The largest absolute Gasteiger partial charge is 0.383 e. The molecule has 0 fully saturated rings. The van der Waals surface area contributed by atoms with Gasteiger partial charge >= 0.3 is 11.8 Å². The Bertz CT molecular complexity index is 390. The summed E-state index contributed by atoms with van der Waals surface area (Å²) in [6.45, 7) is 0.648. The molecule has 1 aromatic rings. The third-order valence-electron chi connectivity index (χ3n) is 1.70. The zero-order valence-electron chi connectivity index (χ0n) is 9.30. The van der Waals surface area contributed by atoms with Gasteiger partial charge in [-0.1, -0.05) is 6.07 Å². The van der Waals surface area contributed by atoms with E-state index in [4.69, 9.17) is 4.74 Å². The van der Waals surface area contributed by atoms with E-state index in [0.29, 0.717) is 6.61 Å². The Morgan fingerprint density at radius 3 is 3.00 bits per heavy atom. The van der Waals surface area contributed by atoms with Gasteiger partial charge in [-0.15, -0.1) is 11.3 Å². The molecule has 0 radical (unpaired) electrons. The minimum absolute atomic E-state index is 0.289. The number of hydrazone groups is 1. The number of hydrogen-bond donors (Lipinski definition) is 2. The number of methoxy groups -OCH3 is 1. The van der Waals surface area contributed by atoms with Gasteiger partial charge in [0.25, 0.3) is 0 Å². The molecule has 0 atom stereocenters. The molecular weight excluding hydrogens is 242 g/mol. The van der Waals surface area contributed by atoms with Crippen LogP contribution in [0.2, 0.25) is 0 Å². The van der Waals surface area contributed by atoms with E-state index in [1.54, 1.807) is 0 Å². The molecule has 0 saturated heterocycles. The highest BCUT2D eigenvalue weighted by Gasteiger charge is 2.10. The van der Waals surface area contributed by atoms with Crippen LogP contribution in [-0.4, -0.2) is 38.3 Å². The summed E-state index contributed by atoms with van der Waals surface area (Å²) in [6.07, 6.45) is 1.48. The Morgan fingerprint density at radius 1 is 1.53 bits per heavy atom. The molecule has 17 heavy (non-hydrogen) atoms. The highest BCUT2D eigenvalue weighted by molar-refractivity contribution is 7.11. The summed E-state index contributed by atoms with van der Waals surface area (Å²) in [7, 11) is 1.51. The Kier molecular flexibility index (Phi) is 5.91. The molecule has 2 amide bonds. The van der Waals surface area contributed by atoms with Gasteiger partial charge in [-0.05, 0) is 11.4 Å². The van der Waals surface area contributed by atoms with Gasteiger partial charge in [0.2, 0.25) is 0 Å². The molecule has 92 valence electrons. The molecule has 7 heteroatoms. The van der Waals surface area contributed by atoms with Crippen LogP contribution in [0, 0.1) is 0 Å². The third kappa shape index (κ3) is 5.23. The minimum Gasteiger partial charge on any atom is -0.383 e. The molecule has 2 N–H and O–H groups in total. The molecule has 0 saturated carbocycles. The van der Waals surface area contributed by atoms with Crippen LogP contribution in [0.25, 0.3) is 0 Å². The molecule has 1 heterocycles. The fraction of sp³-hybridized carbons (Fsp3) is 0.300. The lowest BCUT2D eigenvalue weighted by Gasteiger charge is -2.02. The number of nitrogens with one attached hydrogen (secondary N) is 2. The highest BCUT2D eigenvalue weighted by atomic mass is 32.1. The number of amides is 2. The summed E-state index contributed by atoms with van der Waals surface area (Å²) in [5.74, 6) is -1.53. The molecule has 0 bridgehead atoms. The Hall–Kier alpha value is -1.73. The van der Waals surface area contributed by atoms with E-state index in [0.717, 1.165) is 4.88 Å². The molecule has 6 nitrogen and oxygen atoms in total. The summed E-state index contributed by atoms with van der Waals surface area (Å²) >= 11 is 1.48. The number of nitrogens with zero attached hydrogens (tertiary/aromatic N) is 1. The molecule has 0 unspecified atom stereocenters. The second-order valence-corrected chi connectivity index (χ2v) is 3.94. The van der Waals surface area contributed by atoms with Crippen LogP contribution in [0.15, 0.2) is 22.6 Å². The van der Waals surface area contributed by atoms with Gasteiger partial charge in [0.05, 0.1) is 12.8 Å². The van der Waals surface area contributed by atoms with E-state index in [1.807, 2.05) is 17.5 Å². The second kappa shape index (κ2) is 7.53. The van der Waals surface area contributed by atoms with E-state index in [2.05, 4.69) is 15.8 Å².